The van der Waals surface area contributed by atoms with E-state index in [1.165, 1.54) is 20.5 Å². The summed E-state index contributed by atoms with van der Waals surface area (Å²) in [7, 11) is 0. The number of nitrogens with one attached hydrogen (secondary N) is 1. The zero-order chi connectivity index (χ0) is 14.9. The van der Waals surface area contributed by atoms with Crippen LogP contribution in [0.3, 0.4) is 0 Å². The molecule has 1 N–H and O–H groups in total. The lowest BCUT2D eigenvalue weighted by Gasteiger charge is -2.14. The Hall–Kier alpha value is -2.10. The molecule has 1 aliphatic heterocycles. The van der Waals surface area contributed by atoms with E-state index in [9.17, 15) is 0 Å². The van der Waals surface area contributed by atoms with Crippen molar-refractivity contribution >= 4 is 39.4 Å². The zero-order valence-electron chi connectivity index (χ0n) is 11.7. The van der Waals surface area contributed by atoms with Gasteiger partial charge in [-0.1, -0.05) is 48.0 Å². The standard InChI is InChI=1S/C18H13ClN2S/c19-14-7-3-1-5-12(14)18-17(15-9-10-20-11-21-15)13-6-2-4-8-16(13)22-18/h1-11,15H,(H,20,21). The maximum atomic E-state index is 6.44. The maximum absolute atomic E-state index is 6.44. The lowest BCUT2D eigenvalue weighted by molar-refractivity contribution is 0.898. The second-order valence-electron chi connectivity index (χ2n) is 5.07. The number of fused-ring (bicyclic) bond motifs is 1. The third kappa shape index (κ3) is 2.23. The molecule has 0 saturated heterocycles. The van der Waals surface area contributed by atoms with E-state index in [1.54, 1.807) is 17.7 Å². The molecule has 1 aliphatic rings. The fourth-order valence-electron chi connectivity index (χ4n) is 2.74. The molecule has 0 fully saturated rings. The number of aliphatic imine (C=N–C) groups is 1. The van der Waals surface area contributed by atoms with E-state index in [-0.39, 0.29) is 6.04 Å². The highest BCUT2D eigenvalue weighted by Crippen LogP contribution is 2.45. The minimum Gasteiger partial charge on any atom is -0.353 e. The molecule has 1 atom stereocenters. The highest BCUT2D eigenvalue weighted by atomic mass is 35.5. The summed E-state index contributed by atoms with van der Waals surface area (Å²) in [6, 6.07) is 16.5. The van der Waals surface area contributed by atoms with Crippen LogP contribution in [0.2, 0.25) is 5.02 Å². The maximum Gasteiger partial charge on any atom is 0.0984 e. The molecule has 0 aliphatic carbocycles. The largest absolute Gasteiger partial charge is 0.353 e. The van der Waals surface area contributed by atoms with Gasteiger partial charge in [0, 0.05) is 31.9 Å². The highest BCUT2D eigenvalue weighted by Gasteiger charge is 2.21. The molecule has 108 valence electrons. The van der Waals surface area contributed by atoms with Crippen molar-refractivity contribution in [2.24, 2.45) is 4.99 Å². The van der Waals surface area contributed by atoms with Gasteiger partial charge in [0.15, 0.2) is 0 Å². The molecule has 1 unspecified atom stereocenters. The van der Waals surface area contributed by atoms with Crippen LogP contribution in [0.1, 0.15) is 11.6 Å². The predicted octanol–water partition coefficient (Wildman–Crippen LogP) is 5.41. The van der Waals surface area contributed by atoms with E-state index < -0.39 is 0 Å². The van der Waals surface area contributed by atoms with Crippen molar-refractivity contribution in [2.45, 2.75) is 6.04 Å². The summed E-state index contributed by atoms with van der Waals surface area (Å²) >= 11 is 8.21. The van der Waals surface area contributed by atoms with E-state index in [4.69, 9.17) is 11.6 Å². The molecule has 0 bridgehead atoms. The number of benzene rings is 2. The fourth-order valence-corrected chi connectivity index (χ4v) is 4.31. The number of hydrogen-bond acceptors (Lipinski definition) is 3. The van der Waals surface area contributed by atoms with Crippen LogP contribution in [0.5, 0.6) is 0 Å². The van der Waals surface area contributed by atoms with Crippen molar-refractivity contribution in [3.05, 3.63) is 71.4 Å². The van der Waals surface area contributed by atoms with Crippen LogP contribution in [0.15, 0.2) is 65.8 Å². The second-order valence-corrected chi connectivity index (χ2v) is 6.53. The van der Waals surface area contributed by atoms with Crippen LogP contribution >= 0.6 is 22.9 Å². The Morgan fingerprint density at radius 1 is 1.05 bits per heavy atom. The number of thiophene rings is 1. The first-order chi connectivity index (χ1) is 10.8. The first-order valence-corrected chi connectivity index (χ1v) is 8.25. The van der Waals surface area contributed by atoms with Crippen LogP contribution < -0.4 is 5.32 Å². The Bertz CT molecular complexity index is 883. The SMILES string of the molecule is Clc1ccccc1-c1sc2ccccc2c1C1C=CNC=N1. The van der Waals surface area contributed by atoms with Crippen LogP contribution in [0.4, 0.5) is 0 Å². The van der Waals surface area contributed by atoms with Gasteiger partial charge in [0.2, 0.25) is 0 Å². The van der Waals surface area contributed by atoms with Gasteiger partial charge in [0.05, 0.1) is 12.4 Å². The summed E-state index contributed by atoms with van der Waals surface area (Å²) in [4.78, 5) is 5.77. The summed E-state index contributed by atoms with van der Waals surface area (Å²) in [6.45, 7) is 0. The van der Waals surface area contributed by atoms with Gasteiger partial charge >= 0.3 is 0 Å². The monoisotopic (exact) mass is 324 g/mol. The van der Waals surface area contributed by atoms with Gasteiger partial charge in [-0.15, -0.1) is 11.3 Å². The summed E-state index contributed by atoms with van der Waals surface area (Å²) in [5.41, 5.74) is 2.30. The third-order valence-electron chi connectivity index (χ3n) is 3.73. The van der Waals surface area contributed by atoms with Crippen molar-refractivity contribution in [2.75, 3.05) is 0 Å². The average Bonchev–Trinajstić information content (AvgIpc) is 2.95. The number of nitrogens with zero attached hydrogens (tertiary/aromatic N) is 1. The van der Waals surface area contributed by atoms with Crippen LogP contribution in [-0.4, -0.2) is 6.34 Å². The topological polar surface area (TPSA) is 24.4 Å². The molecule has 0 radical (unpaired) electrons. The highest BCUT2D eigenvalue weighted by molar-refractivity contribution is 7.22. The number of hydrogen-bond donors (Lipinski definition) is 1. The molecule has 4 heteroatoms. The van der Waals surface area contributed by atoms with Gasteiger partial charge in [-0.2, -0.15) is 0 Å². The van der Waals surface area contributed by atoms with Crippen molar-refractivity contribution in [1.29, 1.82) is 0 Å². The van der Waals surface area contributed by atoms with Crippen molar-refractivity contribution in [1.82, 2.24) is 5.32 Å². The summed E-state index contributed by atoms with van der Waals surface area (Å²) in [5, 5.41) is 5.02. The summed E-state index contributed by atoms with van der Waals surface area (Å²) < 4.78 is 1.26. The van der Waals surface area contributed by atoms with Crippen molar-refractivity contribution < 1.29 is 0 Å². The quantitative estimate of drug-likeness (QED) is 0.669. The Morgan fingerprint density at radius 3 is 2.68 bits per heavy atom. The van der Waals surface area contributed by atoms with E-state index >= 15 is 0 Å². The van der Waals surface area contributed by atoms with Crippen molar-refractivity contribution in [3.8, 4) is 10.4 Å². The number of rotatable bonds is 2. The van der Waals surface area contributed by atoms with Gasteiger partial charge < -0.3 is 5.32 Å². The first-order valence-electron chi connectivity index (χ1n) is 7.05. The van der Waals surface area contributed by atoms with E-state index in [1.807, 2.05) is 24.4 Å². The van der Waals surface area contributed by atoms with Gasteiger partial charge in [0.1, 0.15) is 0 Å². The molecule has 2 aromatic carbocycles. The van der Waals surface area contributed by atoms with Gasteiger partial charge in [-0.05, 0) is 23.6 Å². The van der Waals surface area contributed by atoms with Crippen LogP contribution in [0.25, 0.3) is 20.5 Å². The van der Waals surface area contributed by atoms with Gasteiger partial charge in [0.25, 0.3) is 0 Å². The number of halogens is 1. The molecular weight excluding hydrogens is 312 g/mol. The minimum absolute atomic E-state index is 0.0173. The first kappa shape index (κ1) is 13.6. The fraction of sp³-hybridized carbons (Fsp3) is 0.0556. The van der Waals surface area contributed by atoms with Gasteiger partial charge in [-0.3, -0.25) is 4.99 Å². The molecule has 3 aromatic rings. The van der Waals surface area contributed by atoms with E-state index in [0.29, 0.717) is 0 Å². The normalized spacial score (nSPS) is 16.9. The van der Waals surface area contributed by atoms with Gasteiger partial charge in [-0.25, -0.2) is 0 Å². The molecule has 0 amide bonds. The Kier molecular flexibility index (Phi) is 3.45. The second kappa shape index (κ2) is 5.59. The molecule has 0 spiro atoms. The average molecular weight is 325 g/mol. The Labute approximate surface area is 137 Å². The molecule has 1 aromatic heterocycles. The molecule has 22 heavy (non-hydrogen) atoms. The van der Waals surface area contributed by atoms with Crippen LogP contribution in [0, 0.1) is 0 Å². The lowest BCUT2D eigenvalue weighted by atomic mass is 9.99. The summed E-state index contributed by atoms with van der Waals surface area (Å²) in [6.07, 6.45) is 5.75. The van der Waals surface area contributed by atoms with E-state index in [0.717, 1.165) is 10.6 Å². The molecule has 2 heterocycles. The lowest BCUT2D eigenvalue weighted by Crippen LogP contribution is -2.08. The van der Waals surface area contributed by atoms with E-state index in [2.05, 4.69) is 46.7 Å². The van der Waals surface area contributed by atoms with Crippen molar-refractivity contribution in [3.63, 3.8) is 0 Å². The Balaban J connectivity index is 2.02. The summed E-state index contributed by atoms with van der Waals surface area (Å²) in [5.74, 6) is 0. The van der Waals surface area contributed by atoms with Crippen LogP contribution in [-0.2, 0) is 0 Å². The molecular formula is C18H13ClN2S. The molecule has 2 nitrogen and oxygen atoms in total. The molecule has 0 saturated carbocycles. The third-order valence-corrected chi connectivity index (χ3v) is 5.28. The Morgan fingerprint density at radius 2 is 1.86 bits per heavy atom. The zero-order valence-corrected chi connectivity index (χ0v) is 13.2. The minimum atomic E-state index is 0.0173. The smallest absolute Gasteiger partial charge is 0.0984 e. The predicted molar refractivity (Wildman–Crippen MR) is 95.8 cm³/mol. The molecule has 4 rings (SSSR count).